The van der Waals surface area contributed by atoms with Gasteiger partial charge < -0.3 is 14.8 Å². The van der Waals surface area contributed by atoms with Crippen LogP contribution in [-0.2, 0) is 20.7 Å². The van der Waals surface area contributed by atoms with Gasteiger partial charge in [0, 0.05) is 13.3 Å². The summed E-state index contributed by atoms with van der Waals surface area (Å²) in [5, 5.41) is 2.60. The molecule has 1 atom stereocenters. The zero-order valence-corrected chi connectivity index (χ0v) is 25.5. The number of carbonyl (C=O) groups is 2. The molecule has 0 bridgehead atoms. The van der Waals surface area contributed by atoms with Crippen molar-refractivity contribution >= 4 is 42.4 Å². The fraction of sp³-hybridized carbons (Fsp3) is 0.188. The van der Waals surface area contributed by atoms with E-state index in [1.54, 1.807) is 24.8 Å². The Morgan fingerprint density at radius 2 is 1.18 bits per heavy atom. The standard InChI is InChI=1S/C14H19NO4.3C6H5.Sn.H/c1-4-19-14(17)13(15-10(2)16)9-11-5-7-12(18-3)8-6-11;3*1-2-4-6-5-3-1;;/h5-8,13H,4,9H2,1-3H3,(H,15,16);3*1-5H;;. The predicted octanol–water partition coefficient (Wildman–Crippen LogP) is 3.24. The van der Waals surface area contributed by atoms with Gasteiger partial charge in [0.2, 0.25) is 5.91 Å². The minimum atomic E-state index is -2.14. The first-order valence-electron chi connectivity index (χ1n) is 12.7. The van der Waals surface area contributed by atoms with Crippen LogP contribution in [0.15, 0.2) is 115 Å². The maximum atomic E-state index is 11.7. The zero-order chi connectivity index (χ0) is 27.2. The van der Waals surface area contributed by atoms with Crippen molar-refractivity contribution in [3.05, 3.63) is 121 Å². The van der Waals surface area contributed by atoms with Crippen LogP contribution in [0.25, 0.3) is 0 Å². The molecule has 0 heterocycles. The Morgan fingerprint density at radius 1 is 0.737 bits per heavy atom. The van der Waals surface area contributed by atoms with Gasteiger partial charge in [-0.15, -0.1) is 0 Å². The van der Waals surface area contributed by atoms with Gasteiger partial charge in [-0.25, -0.2) is 4.79 Å². The molecule has 1 N–H and O–H groups in total. The van der Waals surface area contributed by atoms with E-state index in [-0.39, 0.29) is 12.5 Å². The van der Waals surface area contributed by atoms with Crippen LogP contribution in [0.2, 0.25) is 0 Å². The molecule has 0 aliphatic rings. The number of rotatable bonds is 9. The molecule has 1 unspecified atom stereocenters. The first-order valence-corrected chi connectivity index (χ1v) is 17.7. The molecule has 1 amide bonds. The minimum absolute atomic E-state index is 0.258. The van der Waals surface area contributed by atoms with Crippen molar-refractivity contribution in [2.24, 2.45) is 0 Å². The van der Waals surface area contributed by atoms with Crippen LogP contribution < -0.4 is 20.8 Å². The second-order valence-electron chi connectivity index (χ2n) is 8.72. The molecule has 4 rings (SSSR count). The van der Waals surface area contributed by atoms with Gasteiger partial charge in [0.1, 0.15) is 11.8 Å². The van der Waals surface area contributed by atoms with Crippen LogP contribution in [0, 0.1) is 0 Å². The molecule has 0 aliphatic carbocycles. The van der Waals surface area contributed by atoms with E-state index in [0.717, 1.165) is 11.3 Å². The molecule has 4 aromatic rings. The van der Waals surface area contributed by atoms with E-state index >= 15 is 0 Å². The first-order chi connectivity index (χ1) is 18.5. The Hall–Kier alpha value is -3.58. The molecule has 38 heavy (non-hydrogen) atoms. The van der Waals surface area contributed by atoms with Crippen molar-refractivity contribution in [3.63, 3.8) is 0 Å². The topological polar surface area (TPSA) is 64.6 Å². The summed E-state index contributed by atoms with van der Waals surface area (Å²) in [4.78, 5) is 22.9. The van der Waals surface area contributed by atoms with E-state index in [9.17, 15) is 9.59 Å². The van der Waals surface area contributed by atoms with Crippen LogP contribution in [0.5, 0.6) is 5.75 Å². The molecular weight excluding hydrogens is 581 g/mol. The number of benzene rings is 4. The van der Waals surface area contributed by atoms with Crippen molar-refractivity contribution in [2.75, 3.05) is 13.7 Å². The zero-order valence-electron chi connectivity index (χ0n) is 22.2. The molecule has 6 heteroatoms. The molecule has 0 radical (unpaired) electrons. The molecule has 0 aliphatic heterocycles. The molecule has 0 spiro atoms. The fourth-order valence-corrected chi connectivity index (χ4v) is 12.7. The average molecular weight is 616 g/mol. The van der Waals surface area contributed by atoms with Gasteiger partial charge in [-0.3, -0.25) is 4.79 Å². The number of nitrogens with one attached hydrogen (secondary N) is 1. The number of esters is 1. The third-order valence-corrected chi connectivity index (χ3v) is 15.0. The number of amides is 1. The van der Waals surface area contributed by atoms with Gasteiger partial charge in [0.05, 0.1) is 13.7 Å². The van der Waals surface area contributed by atoms with Crippen LogP contribution in [0.1, 0.15) is 19.4 Å². The summed E-state index contributed by atoms with van der Waals surface area (Å²) in [6.07, 6.45) is 0.391. The van der Waals surface area contributed by atoms with Crippen molar-refractivity contribution < 1.29 is 19.1 Å². The number of hydrogen-bond donors (Lipinski definition) is 1. The Balaban J connectivity index is 0.000000211. The summed E-state index contributed by atoms with van der Waals surface area (Å²) < 4.78 is 14.6. The van der Waals surface area contributed by atoms with Crippen molar-refractivity contribution in [1.82, 2.24) is 5.32 Å². The van der Waals surface area contributed by atoms with Gasteiger partial charge in [-0.05, 0) is 24.6 Å². The number of hydrogen-bond acceptors (Lipinski definition) is 4. The third kappa shape index (κ3) is 9.06. The molecule has 5 nitrogen and oxygen atoms in total. The quantitative estimate of drug-likeness (QED) is 0.232. The fourth-order valence-electron chi connectivity index (χ4n) is 4.19. The second-order valence-corrected chi connectivity index (χ2v) is 16.9. The Kier molecular flexibility index (Phi) is 11.9. The van der Waals surface area contributed by atoms with Crippen molar-refractivity contribution in [2.45, 2.75) is 26.3 Å². The maximum absolute atomic E-state index is 11.7. The normalized spacial score (nSPS) is 11.1. The second kappa shape index (κ2) is 15.6. The summed E-state index contributed by atoms with van der Waals surface area (Å²) in [5.74, 6) is 0.0658. The van der Waals surface area contributed by atoms with Gasteiger partial charge in [-0.2, -0.15) is 0 Å². The third-order valence-electron chi connectivity index (χ3n) is 5.95. The molecule has 0 saturated carbocycles. The van der Waals surface area contributed by atoms with Gasteiger partial charge in [-0.1, -0.05) is 12.1 Å². The SMILES string of the molecule is CCOC(=O)C(Cc1ccc(OC)cc1)NC(C)=O.c1cc[c]([SnH]([c]2ccccc2)[c]2ccccc2)cc1. The summed E-state index contributed by atoms with van der Waals surface area (Å²) in [7, 11) is 1.59. The average Bonchev–Trinajstić information content (AvgIpc) is 2.95. The number of ether oxygens (including phenoxy) is 2. The molecule has 0 fully saturated rings. The van der Waals surface area contributed by atoms with E-state index in [1.807, 2.05) is 24.3 Å². The van der Waals surface area contributed by atoms with Crippen molar-refractivity contribution in [1.29, 1.82) is 0 Å². The molecule has 0 aromatic heterocycles. The van der Waals surface area contributed by atoms with Crippen LogP contribution >= 0.6 is 0 Å². The van der Waals surface area contributed by atoms with Crippen LogP contribution in [0.4, 0.5) is 0 Å². The Bertz CT molecular complexity index is 1160. The van der Waals surface area contributed by atoms with Gasteiger partial charge in [0.15, 0.2) is 0 Å². The van der Waals surface area contributed by atoms with E-state index in [1.165, 1.54) is 6.92 Å². The summed E-state index contributed by atoms with van der Waals surface area (Å²) >= 11 is -2.14. The van der Waals surface area contributed by atoms with Gasteiger partial charge >= 0.3 is 127 Å². The van der Waals surface area contributed by atoms with Crippen molar-refractivity contribution in [3.8, 4) is 5.75 Å². The Labute approximate surface area is 232 Å². The molecule has 196 valence electrons. The molecular formula is C32H35NO4Sn. The Morgan fingerprint density at radius 3 is 1.55 bits per heavy atom. The molecule has 4 aromatic carbocycles. The summed E-state index contributed by atoms with van der Waals surface area (Å²) in [5.41, 5.74) is 0.924. The predicted molar refractivity (Wildman–Crippen MR) is 156 cm³/mol. The van der Waals surface area contributed by atoms with Gasteiger partial charge in [0.25, 0.3) is 0 Å². The monoisotopic (exact) mass is 617 g/mol. The van der Waals surface area contributed by atoms with E-state index < -0.39 is 31.8 Å². The first kappa shape index (κ1) is 29.0. The van der Waals surface area contributed by atoms with E-state index in [2.05, 4.69) is 96.3 Å². The number of carbonyl (C=O) groups excluding carboxylic acids is 2. The van der Waals surface area contributed by atoms with Crippen LogP contribution in [0.3, 0.4) is 0 Å². The summed E-state index contributed by atoms with van der Waals surface area (Å²) in [6.45, 7) is 3.40. The van der Waals surface area contributed by atoms with E-state index in [0.29, 0.717) is 6.42 Å². The van der Waals surface area contributed by atoms with Crippen LogP contribution in [-0.4, -0.2) is 51.4 Å². The molecule has 0 saturated heterocycles. The number of methoxy groups -OCH3 is 1. The van der Waals surface area contributed by atoms with E-state index in [4.69, 9.17) is 9.47 Å². The summed E-state index contributed by atoms with van der Waals surface area (Å²) in [6, 6.07) is 39.7.